The van der Waals surface area contributed by atoms with Gasteiger partial charge in [0.1, 0.15) is 11.3 Å². The maximum absolute atomic E-state index is 14.2. The molecule has 0 bridgehead atoms. The molecule has 0 spiro atoms. The summed E-state index contributed by atoms with van der Waals surface area (Å²) >= 11 is 0. The van der Waals surface area contributed by atoms with Gasteiger partial charge in [0.2, 0.25) is 11.8 Å². The number of rotatable bonds is 9. The van der Waals surface area contributed by atoms with Gasteiger partial charge in [0, 0.05) is 35.2 Å². The van der Waals surface area contributed by atoms with Crippen molar-refractivity contribution in [2.75, 3.05) is 12.4 Å². The van der Waals surface area contributed by atoms with E-state index in [0.717, 1.165) is 16.8 Å². The van der Waals surface area contributed by atoms with Crippen LogP contribution in [0.3, 0.4) is 0 Å². The van der Waals surface area contributed by atoms with Crippen LogP contribution in [0.5, 0.6) is 5.75 Å². The minimum absolute atomic E-state index is 0.0168. The molecule has 0 saturated heterocycles. The highest BCUT2D eigenvalue weighted by Gasteiger charge is 2.60. The summed E-state index contributed by atoms with van der Waals surface area (Å²) in [5.74, 6) is 0.905. The number of aromatic nitrogens is 1. The van der Waals surface area contributed by atoms with Crippen molar-refractivity contribution in [3.8, 4) is 5.75 Å². The van der Waals surface area contributed by atoms with E-state index < -0.39 is 5.54 Å². The Kier molecular flexibility index (Phi) is 7.21. The smallest absolute Gasteiger partial charge is 0.249 e. The van der Waals surface area contributed by atoms with Crippen LogP contribution in [0.2, 0.25) is 0 Å². The van der Waals surface area contributed by atoms with Crippen molar-refractivity contribution in [2.45, 2.75) is 59.0 Å². The maximum atomic E-state index is 14.2. The zero-order chi connectivity index (χ0) is 28.7. The monoisotopic (exact) mass is 537 g/mol. The number of carbonyl (C=O) groups excluding carboxylic acids is 2. The molecule has 0 unspecified atom stereocenters. The van der Waals surface area contributed by atoms with Gasteiger partial charge < -0.3 is 19.9 Å². The molecule has 0 radical (unpaired) electrons. The van der Waals surface area contributed by atoms with Crippen LogP contribution in [0.1, 0.15) is 56.9 Å². The molecule has 1 aromatic heterocycles. The van der Waals surface area contributed by atoms with Gasteiger partial charge in [-0.15, -0.1) is 0 Å². The van der Waals surface area contributed by atoms with Crippen LogP contribution in [0.25, 0.3) is 10.9 Å². The van der Waals surface area contributed by atoms with Crippen molar-refractivity contribution in [3.05, 3.63) is 95.7 Å². The van der Waals surface area contributed by atoms with Crippen LogP contribution in [0.15, 0.2) is 78.9 Å². The normalized spacial score (nSPS) is 17.9. The molecule has 5 rings (SSSR count). The molecule has 6 heteroatoms. The van der Waals surface area contributed by atoms with Gasteiger partial charge in [-0.3, -0.25) is 9.59 Å². The lowest BCUT2D eigenvalue weighted by atomic mass is 9.97. The van der Waals surface area contributed by atoms with Gasteiger partial charge in [-0.2, -0.15) is 0 Å². The molecule has 4 aromatic rings. The van der Waals surface area contributed by atoms with Gasteiger partial charge >= 0.3 is 0 Å². The summed E-state index contributed by atoms with van der Waals surface area (Å²) in [5, 5.41) is 4.24. The predicted octanol–water partition coefficient (Wildman–Crippen LogP) is 7.06. The van der Waals surface area contributed by atoms with Crippen molar-refractivity contribution >= 4 is 28.4 Å². The summed E-state index contributed by atoms with van der Waals surface area (Å²) in [6.07, 6.45) is 0.378. The van der Waals surface area contributed by atoms with Crippen molar-refractivity contribution < 1.29 is 14.3 Å². The summed E-state index contributed by atoms with van der Waals surface area (Å²) in [6, 6.07) is 25.5. The van der Waals surface area contributed by atoms with E-state index in [2.05, 4.69) is 49.3 Å². The minimum Gasteiger partial charge on any atom is -0.497 e. The first-order valence-electron chi connectivity index (χ1n) is 13.9. The molecule has 6 nitrogen and oxygen atoms in total. The Labute approximate surface area is 236 Å². The fourth-order valence-corrected chi connectivity index (χ4v) is 6.14. The number of H-pyrrole nitrogens is 1. The van der Waals surface area contributed by atoms with Crippen molar-refractivity contribution in [3.63, 3.8) is 0 Å². The largest absolute Gasteiger partial charge is 0.497 e. The molecule has 3 aromatic carbocycles. The Balaban J connectivity index is 1.40. The molecular formula is C34H39N3O3. The number of nitrogens with one attached hydrogen (secondary N) is 2. The molecule has 1 heterocycles. The van der Waals surface area contributed by atoms with E-state index in [1.54, 1.807) is 36.3 Å². The third-order valence-corrected chi connectivity index (χ3v) is 8.76. The second-order valence-electron chi connectivity index (χ2n) is 12.0. The molecule has 2 N–H and O–H groups in total. The number of fused-ring (bicyclic) bond motifs is 1. The van der Waals surface area contributed by atoms with Crippen molar-refractivity contribution in [2.24, 2.45) is 11.3 Å². The van der Waals surface area contributed by atoms with Gasteiger partial charge in [-0.1, -0.05) is 62.4 Å². The van der Waals surface area contributed by atoms with E-state index in [0.29, 0.717) is 24.4 Å². The van der Waals surface area contributed by atoms with Crippen LogP contribution in [0.4, 0.5) is 5.69 Å². The number of anilines is 1. The van der Waals surface area contributed by atoms with E-state index in [1.807, 2.05) is 50.2 Å². The van der Waals surface area contributed by atoms with Gasteiger partial charge in [0.05, 0.1) is 7.11 Å². The third kappa shape index (κ3) is 5.10. The van der Waals surface area contributed by atoms with Crippen LogP contribution >= 0.6 is 0 Å². The topological polar surface area (TPSA) is 74.4 Å². The number of para-hydroxylation sites is 1. The lowest BCUT2D eigenvalue weighted by Gasteiger charge is -2.38. The van der Waals surface area contributed by atoms with Gasteiger partial charge in [-0.25, -0.2) is 0 Å². The van der Waals surface area contributed by atoms with E-state index in [4.69, 9.17) is 4.74 Å². The summed E-state index contributed by atoms with van der Waals surface area (Å²) in [7, 11) is 1.61. The van der Waals surface area contributed by atoms with Gasteiger partial charge in [-0.05, 0) is 79.5 Å². The molecular weight excluding hydrogens is 498 g/mol. The SMILES string of the molecule is COc1ccc(NC(=O)C(C)(C)N(Cc2ccccc2)C(=O)C[C@H]2[C@H](c3c(C)[nH]c4ccccc34)C2(C)C)cc1. The number of hydrogen-bond donors (Lipinski definition) is 2. The molecule has 1 aliphatic rings. The fourth-order valence-electron chi connectivity index (χ4n) is 6.14. The number of methoxy groups -OCH3 is 1. The summed E-state index contributed by atoms with van der Waals surface area (Å²) in [4.78, 5) is 33.1. The fraction of sp³-hybridized carbons (Fsp3) is 0.353. The molecule has 1 aliphatic carbocycles. The van der Waals surface area contributed by atoms with E-state index in [1.165, 1.54) is 10.9 Å². The van der Waals surface area contributed by atoms with Crippen molar-refractivity contribution in [1.29, 1.82) is 0 Å². The average Bonchev–Trinajstić information content (AvgIpc) is 3.29. The van der Waals surface area contributed by atoms with Crippen molar-refractivity contribution in [1.82, 2.24) is 9.88 Å². The average molecular weight is 538 g/mol. The van der Waals surface area contributed by atoms with Crippen LogP contribution in [-0.2, 0) is 16.1 Å². The van der Waals surface area contributed by atoms with E-state index >= 15 is 0 Å². The number of aromatic amines is 1. The Morgan fingerprint density at radius 1 is 0.975 bits per heavy atom. The van der Waals surface area contributed by atoms with Crippen LogP contribution in [0, 0.1) is 18.3 Å². The Morgan fingerprint density at radius 3 is 2.30 bits per heavy atom. The van der Waals surface area contributed by atoms with E-state index in [9.17, 15) is 9.59 Å². The summed E-state index contributed by atoms with van der Waals surface area (Å²) < 4.78 is 5.24. The first kappa shape index (κ1) is 27.5. The minimum atomic E-state index is -1.09. The number of hydrogen-bond acceptors (Lipinski definition) is 3. The first-order valence-corrected chi connectivity index (χ1v) is 13.9. The number of ether oxygens (including phenoxy) is 1. The van der Waals surface area contributed by atoms with E-state index in [-0.39, 0.29) is 29.1 Å². The zero-order valence-corrected chi connectivity index (χ0v) is 24.2. The molecule has 208 valence electrons. The highest BCUT2D eigenvalue weighted by molar-refractivity contribution is 6.00. The molecule has 1 saturated carbocycles. The quantitative estimate of drug-likeness (QED) is 0.240. The molecule has 2 amide bonds. The standard InChI is InChI=1S/C34H39N3O3/c1-22-30(26-14-10-11-15-28(26)35-22)31-27(33(31,2)3)20-29(38)37(21-23-12-8-7-9-13-23)34(4,5)32(39)36-24-16-18-25(40-6)19-17-24/h7-19,27,31,35H,20-21H2,1-6H3,(H,36,39)/t27-,31+/m0/s1. The second kappa shape index (κ2) is 10.5. The summed E-state index contributed by atoms with van der Waals surface area (Å²) in [5.41, 5.74) is 4.13. The number of nitrogens with zero attached hydrogens (tertiary/aromatic N) is 1. The van der Waals surface area contributed by atoms with Crippen LogP contribution in [-0.4, -0.2) is 34.3 Å². The molecule has 40 heavy (non-hydrogen) atoms. The number of amides is 2. The Morgan fingerprint density at radius 2 is 1.62 bits per heavy atom. The maximum Gasteiger partial charge on any atom is 0.249 e. The molecule has 1 fully saturated rings. The lowest BCUT2D eigenvalue weighted by Crippen LogP contribution is -2.54. The van der Waals surface area contributed by atoms with Crippen LogP contribution < -0.4 is 10.1 Å². The summed E-state index contributed by atoms with van der Waals surface area (Å²) in [6.45, 7) is 10.6. The van der Waals surface area contributed by atoms with Gasteiger partial charge in [0.15, 0.2) is 0 Å². The highest BCUT2D eigenvalue weighted by Crippen LogP contribution is 2.67. The number of aryl methyl sites for hydroxylation is 1. The molecule has 2 atom stereocenters. The molecule has 0 aliphatic heterocycles. The number of benzene rings is 3. The predicted molar refractivity (Wildman–Crippen MR) is 160 cm³/mol. The Hall–Kier alpha value is -4.06. The van der Waals surface area contributed by atoms with Gasteiger partial charge in [0.25, 0.3) is 0 Å². The highest BCUT2D eigenvalue weighted by atomic mass is 16.5. The second-order valence-corrected chi connectivity index (χ2v) is 12.0. The first-order chi connectivity index (χ1) is 19.0. The zero-order valence-electron chi connectivity index (χ0n) is 24.2. The number of carbonyl (C=O) groups is 2. The third-order valence-electron chi connectivity index (χ3n) is 8.76. The lowest BCUT2D eigenvalue weighted by molar-refractivity contribution is -0.144. The Bertz CT molecular complexity index is 1520.